The van der Waals surface area contributed by atoms with Crippen LogP contribution in [0.3, 0.4) is 0 Å². The summed E-state index contributed by atoms with van der Waals surface area (Å²) in [6.07, 6.45) is 1.01. The van der Waals surface area contributed by atoms with Crippen LogP contribution in [0.5, 0.6) is 0 Å². The maximum Gasteiger partial charge on any atom is 0.236 e. The number of benzene rings is 1. The minimum Gasteiger partial charge on any atom is -0.301 e. The SMILES string of the molecule is CCc1ccc(-c2csc(NC(=O)CSc3nnc4cc(C)nc(C)n34)n2)cc1. The molecule has 0 aliphatic heterocycles. The van der Waals surface area contributed by atoms with Gasteiger partial charge in [-0.05, 0) is 25.8 Å². The predicted octanol–water partition coefficient (Wildman–Crippen LogP) is 4.16. The molecule has 3 aromatic heterocycles. The van der Waals surface area contributed by atoms with E-state index in [0.29, 0.717) is 10.3 Å². The number of hydrogen-bond donors (Lipinski definition) is 1. The number of fused-ring (bicyclic) bond motifs is 1. The van der Waals surface area contributed by atoms with Gasteiger partial charge in [-0.15, -0.1) is 21.5 Å². The lowest BCUT2D eigenvalue weighted by Gasteiger charge is -2.04. The molecule has 9 heteroatoms. The van der Waals surface area contributed by atoms with Crippen LogP contribution in [-0.4, -0.2) is 36.2 Å². The molecule has 29 heavy (non-hydrogen) atoms. The van der Waals surface area contributed by atoms with E-state index in [4.69, 9.17) is 0 Å². The number of nitrogens with zero attached hydrogens (tertiary/aromatic N) is 5. The molecule has 7 nitrogen and oxygen atoms in total. The molecule has 0 atom stereocenters. The van der Waals surface area contributed by atoms with E-state index in [-0.39, 0.29) is 11.7 Å². The summed E-state index contributed by atoms with van der Waals surface area (Å²) in [5.41, 5.74) is 4.82. The Balaban J connectivity index is 1.40. The van der Waals surface area contributed by atoms with Crippen LogP contribution < -0.4 is 5.32 Å². The fraction of sp³-hybridized carbons (Fsp3) is 0.250. The maximum absolute atomic E-state index is 12.4. The number of nitrogens with one attached hydrogen (secondary N) is 1. The van der Waals surface area contributed by atoms with Gasteiger partial charge in [0.15, 0.2) is 15.9 Å². The number of amides is 1. The van der Waals surface area contributed by atoms with Crippen LogP contribution in [0.2, 0.25) is 0 Å². The largest absolute Gasteiger partial charge is 0.301 e. The van der Waals surface area contributed by atoms with Crippen LogP contribution in [0.25, 0.3) is 16.9 Å². The highest BCUT2D eigenvalue weighted by atomic mass is 32.2. The van der Waals surface area contributed by atoms with Crippen LogP contribution in [-0.2, 0) is 11.2 Å². The molecule has 0 spiro atoms. The quantitative estimate of drug-likeness (QED) is 0.468. The molecule has 0 aliphatic rings. The Bertz CT molecular complexity index is 1170. The molecule has 0 unspecified atom stereocenters. The van der Waals surface area contributed by atoms with Crippen molar-refractivity contribution in [1.29, 1.82) is 0 Å². The van der Waals surface area contributed by atoms with E-state index in [0.717, 1.165) is 34.8 Å². The minimum atomic E-state index is -0.133. The molecule has 1 aromatic carbocycles. The van der Waals surface area contributed by atoms with Crippen LogP contribution in [0.4, 0.5) is 5.13 Å². The van der Waals surface area contributed by atoms with E-state index in [1.54, 1.807) is 0 Å². The zero-order chi connectivity index (χ0) is 20.4. The molecular formula is C20H20N6OS2. The summed E-state index contributed by atoms with van der Waals surface area (Å²) in [5, 5.41) is 14.4. The van der Waals surface area contributed by atoms with E-state index >= 15 is 0 Å². The monoisotopic (exact) mass is 424 g/mol. The first-order chi connectivity index (χ1) is 14.0. The van der Waals surface area contributed by atoms with Gasteiger partial charge >= 0.3 is 0 Å². The summed E-state index contributed by atoms with van der Waals surface area (Å²) in [6, 6.07) is 10.2. The fourth-order valence-electron chi connectivity index (χ4n) is 2.96. The first-order valence-electron chi connectivity index (χ1n) is 9.20. The smallest absolute Gasteiger partial charge is 0.236 e. The molecule has 3 heterocycles. The summed E-state index contributed by atoms with van der Waals surface area (Å²) in [4.78, 5) is 21.3. The van der Waals surface area contributed by atoms with Gasteiger partial charge in [0.25, 0.3) is 0 Å². The zero-order valence-corrected chi connectivity index (χ0v) is 18.0. The summed E-state index contributed by atoms with van der Waals surface area (Å²) in [5.74, 6) is 0.882. The van der Waals surface area contributed by atoms with E-state index in [1.165, 1.54) is 28.7 Å². The molecule has 0 saturated heterocycles. The lowest BCUT2D eigenvalue weighted by Crippen LogP contribution is -2.14. The number of anilines is 1. The van der Waals surface area contributed by atoms with Gasteiger partial charge < -0.3 is 5.32 Å². The zero-order valence-electron chi connectivity index (χ0n) is 16.3. The van der Waals surface area contributed by atoms with E-state index in [2.05, 4.69) is 56.7 Å². The average Bonchev–Trinajstić information content (AvgIpc) is 3.33. The Morgan fingerprint density at radius 2 is 1.97 bits per heavy atom. The van der Waals surface area contributed by atoms with Crippen molar-refractivity contribution < 1.29 is 4.79 Å². The highest BCUT2D eigenvalue weighted by Gasteiger charge is 2.13. The molecule has 0 bridgehead atoms. The van der Waals surface area contributed by atoms with Crippen molar-refractivity contribution in [2.75, 3.05) is 11.1 Å². The summed E-state index contributed by atoms with van der Waals surface area (Å²) >= 11 is 2.74. The molecule has 0 aliphatic carbocycles. The van der Waals surface area contributed by atoms with Gasteiger partial charge in [0.1, 0.15) is 5.82 Å². The Morgan fingerprint density at radius 3 is 2.72 bits per heavy atom. The lowest BCUT2D eigenvalue weighted by molar-refractivity contribution is -0.113. The molecule has 1 amide bonds. The number of thiazole rings is 1. The van der Waals surface area contributed by atoms with Gasteiger partial charge in [-0.25, -0.2) is 9.97 Å². The van der Waals surface area contributed by atoms with Crippen molar-refractivity contribution in [3.05, 3.63) is 52.8 Å². The highest BCUT2D eigenvalue weighted by molar-refractivity contribution is 7.99. The molecule has 0 radical (unpaired) electrons. The van der Waals surface area contributed by atoms with E-state index in [9.17, 15) is 4.79 Å². The predicted molar refractivity (Wildman–Crippen MR) is 117 cm³/mol. The van der Waals surface area contributed by atoms with E-state index in [1.807, 2.05) is 29.7 Å². The highest BCUT2D eigenvalue weighted by Crippen LogP contribution is 2.26. The Labute approximate surface area is 176 Å². The summed E-state index contributed by atoms with van der Waals surface area (Å²) in [6.45, 7) is 5.95. The van der Waals surface area contributed by atoms with Crippen LogP contribution >= 0.6 is 23.1 Å². The number of aryl methyl sites for hydroxylation is 3. The second kappa shape index (κ2) is 8.30. The number of carbonyl (C=O) groups is 1. The number of carbonyl (C=O) groups excluding carboxylic acids is 1. The number of thioether (sulfide) groups is 1. The Morgan fingerprint density at radius 1 is 1.17 bits per heavy atom. The molecule has 4 aromatic rings. The normalized spacial score (nSPS) is 11.1. The Kier molecular flexibility index (Phi) is 5.59. The van der Waals surface area contributed by atoms with Gasteiger partial charge in [0.2, 0.25) is 5.91 Å². The third-order valence-electron chi connectivity index (χ3n) is 4.40. The van der Waals surface area contributed by atoms with Crippen molar-refractivity contribution in [2.24, 2.45) is 0 Å². The topological polar surface area (TPSA) is 85.1 Å². The van der Waals surface area contributed by atoms with Gasteiger partial charge in [-0.3, -0.25) is 9.20 Å². The van der Waals surface area contributed by atoms with Gasteiger partial charge in [0, 0.05) is 22.7 Å². The van der Waals surface area contributed by atoms with Crippen LogP contribution in [0.15, 0.2) is 40.9 Å². The third kappa shape index (κ3) is 4.30. The average molecular weight is 425 g/mol. The standard InChI is InChI=1S/C20H20N6OS2/c1-4-14-5-7-15(8-6-14)16-10-28-19(22-16)23-18(27)11-29-20-25-24-17-9-12(2)21-13(3)26(17)20/h5-10H,4,11H2,1-3H3,(H,22,23,27). The van der Waals surface area contributed by atoms with Crippen LogP contribution in [0, 0.1) is 13.8 Å². The molecule has 1 N–H and O–H groups in total. The van der Waals surface area contributed by atoms with Gasteiger partial charge in [-0.1, -0.05) is 43.0 Å². The van der Waals surface area contributed by atoms with E-state index < -0.39 is 0 Å². The Hall–Kier alpha value is -2.78. The maximum atomic E-state index is 12.4. The van der Waals surface area contributed by atoms with Crippen molar-refractivity contribution in [1.82, 2.24) is 24.6 Å². The van der Waals surface area contributed by atoms with Crippen molar-refractivity contribution in [3.8, 4) is 11.3 Å². The number of aromatic nitrogens is 5. The van der Waals surface area contributed by atoms with Crippen molar-refractivity contribution >= 4 is 39.8 Å². The first kappa shape index (κ1) is 19.5. The number of hydrogen-bond acceptors (Lipinski definition) is 7. The molecule has 0 fully saturated rings. The van der Waals surface area contributed by atoms with Crippen LogP contribution in [0.1, 0.15) is 24.0 Å². The summed E-state index contributed by atoms with van der Waals surface area (Å²) in [7, 11) is 0. The first-order valence-corrected chi connectivity index (χ1v) is 11.1. The molecule has 4 rings (SSSR count). The second-order valence-corrected chi connectivity index (χ2v) is 8.35. The van der Waals surface area contributed by atoms with Gasteiger partial charge in [-0.2, -0.15) is 0 Å². The van der Waals surface area contributed by atoms with Crippen molar-refractivity contribution in [3.63, 3.8) is 0 Å². The third-order valence-corrected chi connectivity index (χ3v) is 6.09. The second-order valence-electron chi connectivity index (χ2n) is 6.55. The number of rotatable bonds is 6. The molecule has 0 saturated carbocycles. The van der Waals surface area contributed by atoms with Gasteiger partial charge in [0.05, 0.1) is 11.4 Å². The van der Waals surface area contributed by atoms with Crippen molar-refractivity contribution in [2.45, 2.75) is 32.3 Å². The molecule has 148 valence electrons. The lowest BCUT2D eigenvalue weighted by atomic mass is 10.1. The fourth-order valence-corrected chi connectivity index (χ4v) is 4.48. The minimum absolute atomic E-state index is 0.133. The summed E-state index contributed by atoms with van der Waals surface area (Å²) < 4.78 is 1.85. The molecular weight excluding hydrogens is 404 g/mol.